The Morgan fingerprint density at radius 3 is 2.38 bits per heavy atom. The lowest BCUT2D eigenvalue weighted by Crippen LogP contribution is -2.19. The van der Waals surface area contributed by atoms with Crippen LogP contribution < -0.4 is 15.1 Å². The van der Waals surface area contributed by atoms with Crippen molar-refractivity contribution in [2.75, 3.05) is 27.4 Å². The zero-order chi connectivity index (χ0) is 19.3. The first kappa shape index (κ1) is 19.0. The second kappa shape index (κ2) is 8.19. The van der Waals surface area contributed by atoms with E-state index in [1.165, 1.54) is 33.3 Å². The van der Waals surface area contributed by atoms with Gasteiger partial charge in [-0.3, -0.25) is 0 Å². The van der Waals surface area contributed by atoms with Gasteiger partial charge in [-0.25, -0.2) is 14.4 Å². The van der Waals surface area contributed by atoms with E-state index in [9.17, 15) is 14.4 Å². The Labute approximate surface area is 148 Å². The Bertz CT molecular complexity index is 909. The minimum Gasteiger partial charge on any atom is -0.496 e. The number of hydrogen-bond acceptors (Lipinski definition) is 8. The van der Waals surface area contributed by atoms with Gasteiger partial charge in [-0.2, -0.15) is 0 Å². The molecule has 0 radical (unpaired) electrons. The zero-order valence-electron chi connectivity index (χ0n) is 14.6. The van der Waals surface area contributed by atoms with Crippen molar-refractivity contribution in [2.24, 2.45) is 0 Å². The smallest absolute Gasteiger partial charge is 0.351 e. The molecule has 0 fully saturated rings. The molecule has 0 amide bonds. The van der Waals surface area contributed by atoms with E-state index < -0.39 is 17.6 Å². The average molecular weight is 362 g/mol. The van der Waals surface area contributed by atoms with Crippen molar-refractivity contribution in [1.82, 2.24) is 0 Å². The molecule has 0 spiro atoms. The molecule has 1 heterocycles. The standard InChI is InChI=1S/C18H18O8/c1-10(2)16(19)24-5-6-25-17(20)13-9-12-14(23-4)7-11(22-3)8-15(12)26-18(13)21/h7-9H,1,5-6H2,2-4H3. The summed E-state index contributed by atoms with van der Waals surface area (Å²) in [6.45, 7) is 4.56. The summed E-state index contributed by atoms with van der Waals surface area (Å²) in [6.07, 6.45) is 0. The summed E-state index contributed by atoms with van der Waals surface area (Å²) in [6, 6.07) is 4.42. The van der Waals surface area contributed by atoms with E-state index in [1.807, 2.05) is 0 Å². The fourth-order valence-electron chi connectivity index (χ4n) is 2.06. The van der Waals surface area contributed by atoms with Gasteiger partial charge in [0.1, 0.15) is 35.9 Å². The van der Waals surface area contributed by atoms with Crippen LogP contribution in [0.2, 0.25) is 0 Å². The number of carbonyl (C=O) groups excluding carboxylic acids is 2. The van der Waals surface area contributed by atoms with Crippen molar-refractivity contribution in [2.45, 2.75) is 6.92 Å². The zero-order valence-corrected chi connectivity index (χ0v) is 14.6. The Morgan fingerprint density at radius 2 is 1.77 bits per heavy atom. The summed E-state index contributed by atoms with van der Waals surface area (Å²) in [4.78, 5) is 35.4. The van der Waals surface area contributed by atoms with E-state index in [0.29, 0.717) is 16.9 Å². The monoisotopic (exact) mass is 362 g/mol. The average Bonchev–Trinajstić information content (AvgIpc) is 2.62. The number of benzene rings is 1. The van der Waals surface area contributed by atoms with Gasteiger partial charge in [0.15, 0.2) is 0 Å². The van der Waals surface area contributed by atoms with Crippen LogP contribution in [0.25, 0.3) is 11.0 Å². The molecule has 1 aromatic heterocycles. The van der Waals surface area contributed by atoms with Crippen molar-refractivity contribution in [1.29, 1.82) is 0 Å². The Hall–Kier alpha value is -3.29. The molecule has 8 heteroatoms. The topological polar surface area (TPSA) is 101 Å². The first-order valence-corrected chi connectivity index (χ1v) is 7.57. The Balaban J connectivity index is 2.19. The van der Waals surface area contributed by atoms with E-state index in [4.69, 9.17) is 23.4 Å². The SMILES string of the molecule is C=C(C)C(=O)OCCOC(=O)c1cc2c(OC)cc(OC)cc2oc1=O. The molecule has 0 aliphatic rings. The molecular weight excluding hydrogens is 344 g/mol. The molecule has 0 unspecified atom stereocenters. The number of carbonyl (C=O) groups is 2. The molecule has 0 bridgehead atoms. The van der Waals surface area contributed by atoms with Crippen LogP contribution >= 0.6 is 0 Å². The number of methoxy groups -OCH3 is 2. The van der Waals surface area contributed by atoms with Crippen molar-refractivity contribution in [3.05, 3.63) is 46.3 Å². The number of esters is 2. The first-order valence-electron chi connectivity index (χ1n) is 7.57. The molecule has 0 N–H and O–H groups in total. The van der Waals surface area contributed by atoms with Gasteiger partial charge in [-0.05, 0) is 13.0 Å². The van der Waals surface area contributed by atoms with Crippen LogP contribution in [0.15, 0.2) is 39.6 Å². The molecule has 1 aromatic carbocycles. The van der Waals surface area contributed by atoms with Crippen molar-refractivity contribution < 1.29 is 33.0 Å². The maximum Gasteiger partial charge on any atom is 0.351 e. The summed E-state index contributed by atoms with van der Waals surface area (Å²) in [7, 11) is 2.90. The quantitative estimate of drug-likeness (QED) is 0.319. The van der Waals surface area contributed by atoms with Crippen LogP contribution in [0.3, 0.4) is 0 Å². The lowest BCUT2D eigenvalue weighted by atomic mass is 10.1. The lowest BCUT2D eigenvalue weighted by Gasteiger charge is -2.09. The maximum atomic E-state index is 12.1. The molecule has 0 atom stereocenters. The van der Waals surface area contributed by atoms with Crippen molar-refractivity contribution in [3.63, 3.8) is 0 Å². The highest BCUT2D eigenvalue weighted by atomic mass is 16.6. The third-order valence-corrected chi connectivity index (χ3v) is 3.36. The summed E-state index contributed by atoms with van der Waals surface area (Å²) in [5.74, 6) is -0.686. The third-order valence-electron chi connectivity index (χ3n) is 3.36. The molecule has 0 aliphatic carbocycles. The number of fused-ring (bicyclic) bond motifs is 1. The Kier molecular flexibility index (Phi) is 6.00. The fraction of sp³-hybridized carbons (Fsp3) is 0.278. The van der Waals surface area contributed by atoms with E-state index in [0.717, 1.165) is 0 Å². The van der Waals surface area contributed by atoms with Gasteiger partial charge in [0.05, 0.1) is 19.6 Å². The highest BCUT2D eigenvalue weighted by Gasteiger charge is 2.18. The van der Waals surface area contributed by atoms with Crippen LogP contribution in [0.4, 0.5) is 0 Å². The maximum absolute atomic E-state index is 12.1. The number of rotatable bonds is 7. The van der Waals surface area contributed by atoms with Gasteiger partial charge in [0.25, 0.3) is 0 Å². The van der Waals surface area contributed by atoms with Crippen molar-refractivity contribution >= 4 is 22.9 Å². The summed E-state index contributed by atoms with van der Waals surface area (Å²) < 4.78 is 25.2. The molecule has 26 heavy (non-hydrogen) atoms. The molecule has 138 valence electrons. The van der Waals surface area contributed by atoms with Crippen LogP contribution in [0, 0.1) is 0 Å². The molecule has 0 saturated carbocycles. The van der Waals surface area contributed by atoms with Crippen molar-refractivity contribution in [3.8, 4) is 11.5 Å². The third kappa shape index (κ3) is 4.21. The predicted octanol–water partition coefficient (Wildman–Crippen LogP) is 2.09. The minimum atomic E-state index is -0.898. The summed E-state index contributed by atoms with van der Waals surface area (Å²) >= 11 is 0. The van der Waals surface area contributed by atoms with Gasteiger partial charge in [0.2, 0.25) is 0 Å². The highest BCUT2D eigenvalue weighted by molar-refractivity contribution is 5.95. The second-order valence-electron chi connectivity index (χ2n) is 5.24. The van der Waals surface area contributed by atoms with Crippen LogP contribution in [0.5, 0.6) is 11.5 Å². The molecule has 8 nitrogen and oxygen atoms in total. The van der Waals surface area contributed by atoms with Crippen LogP contribution in [-0.2, 0) is 14.3 Å². The molecular formula is C18H18O8. The van der Waals surface area contributed by atoms with Gasteiger partial charge in [-0.1, -0.05) is 6.58 Å². The summed E-state index contributed by atoms with van der Waals surface area (Å²) in [5, 5.41) is 0.411. The van der Waals surface area contributed by atoms with Gasteiger partial charge in [0, 0.05) is 17.7 Å². The Morgan fingerprint density at radius 1 is 1.08 bits per heavy atom. The molecule has 0 saturated heterocycles. The largest absolute Gasteiger partial charge is 0.496 e. The van der Waals surface area contributed by atoms with E-state index in [2.05, 4.69) is 6.58 Å². The summed E-state index contributed by atoms with van der Waals surface area (Å²) in [5.41, 5.74) is -0.726. The van der Waals surface area contributed by atoms with E-state index in [1.54, 1.807) is 6.07 Å². The minimum absolute atomic E-state index is 0.156. The molecule has 2 aromatic rings. The normalized spacial score (nSPS) is 10.3. The number of hydrogen-bond donors (Lipinski definition) is 0. The van der Waals surface area contributed by atoms with E-state index >= 15 is 0 Å². The van der Waals surface area contributed by atoms with Gasteiger partial charge in [-0.15, -0.1) is 0 Å². The second-order valence-corrected chi connectivity index (χ2v) is 5.24. The number of ether oxygens (including phenoxy) is 4. The van der Waals surface area contributed by atoms with Gasteiger partial charge >= 0.3 is 17.6 Å². The predicted molar refractivity (Wildman–Crippen MR) is 91.6 cm³/mol. The highest BCUT2D eigenvalue weighted by Crippen LogP contribution is 2.30. The first-order chi connectivity index (χ1) is 12.4. The fourth-order valence-corrected chi connectivity index (χ4v) is 2.06. The van der Waals surface area contributed by atoms with E-state index in [-0.39, 0.29) is 29.9 Å². The lowest BCUT2D eigenvalue weighted by molar-refractivity contribution is -0.140. The van der Waals surface area contributed by atoms with Crippen LogP contribution in [-0.4, -0.2) is 39.4 Å². The van der Waals surface area contributed by atoms with Gasteiger partial charge < -0.3 is 23.4 Å². The molecule has 0 aliphatic heterocycles. The van der Waals surface area contributed by atoms with Crippen LogP contribution in [0.1, 0.15) is 17.3 Å². The molecule has 2 rings (SSSR count).